The second-order valence-corrected chi connectivity index (χ2v) is 22.9. The zero-order valence-corrected chi connectivity index (χ0v) is 48.7. The van der Waals surface area contributed by atoms with Gasteiger partial charge in [-0.15, -0.1) is 0 Å². The lowest BCUT2D eigenvalue weighted by molar-refractivity contribution is -0.167. The van der Waals surface area contributed by atoms with Gasteiger partial charge in [0.05, 0.1) is 0 Å². The Labute approximate surface area is 444 Å². The summed E-state index contributed by atoms with van der Waals surface area (Å²) < 4.78 is 17.0. The van der Waals surface area contributed by atoms with E-state index in [4.69, 9.17) is 14.2 Å². The zero-order chi connectivity index (χ0) is 51.6. The van der Waals surface area contributed by atoms with Crippen molar-refractivity contribution in [2.24, 2.45) is 5.92 Å². The molecule has 0 saturated carbocycles. The van der Waals surface area contributed by atoms with Gasteiger partial charge < -0.3 is 14.2 Å². The van der Waals surface area contributed by atoms with Gasteiger partial charge in [-0.2, -0.15) is 0 Å². The number of esters is 3. The van der Waals surface area contributed by atoms with Crippen molar-refractivity contribution in [1.82, 2.24) is 0 Å². The maximum atomic E-state index is 12.9. The van der Waals surface area contributed by atoms with Crippen LogP contribution in [0, 0.1) is 5.92 Å². The number of carbonyl (C=O) groups excluding carboxylic acids is 3. The van der Waals surface area contributed by atoms with Gasteiger partial charge in [0, 0.05) is 19.3 Å². The molecule has 0 aromatic heterocycles. The van der Waals surface area contributed by atoms with Crippen LogP contribution in [0.5, 0.6) is 0 Å². The maximum absolute atomic E-state index is 12.9. The summed E-state index contributed by atoms with van der Waals surface area (Å²) in [5.74, 6) is 0.0332. The van der Waals surface area contributed by atoms with Gasteiger partial charge in [0.15, 0.2) is 6.10 Å². The van der Waals surface area contributed by atoms with E-state index in [1.807, 2.05) is 0 Å². The number of rotatable bonds is 60. The third kappa shape index (κ3) is 59.2. The fourth-order valence-electron chi connectivity index (χ4n) is 10.2. The van der Waals surface area contributed by atoms with Crippen molar-refractivity contribution in [1.29, 1.82) is 0 Å². The number of hydrogen-bond acceptors (Lipinski definition) is 6. The molecule has 71 heavy (non-hydrogen) atoms. The van der Waals surface area contributed by atoms with Crippen LogP contribution < -0.4 is 0 Å². The number of ether oxygens (including phenoxy) is 3. The molecule has 0 bridgehead atoms. The van der Waals surface area contributed by atoms with Gasteiger partial charge in [-0.3, -0.25) is 14.4 Å². The molecule has 6 heteroatoms. The van der Waals surface area contributed by atoms with Crippen LogP contribution in [0.2, 0.25) is 0 Å². The Bertz CT molecular complexity index is 1070. The molecule has 1 atom stereocenters. The van der Waals surface area contributed by atoms with Gasteiger partial charge >= 0.3 is 17.9 Å². The van der Waals surface area contributed by atoms with Crippen molar-refractivity contribution < 1.29 is 28.6 Å². The highest BCUT2D eigenvalue weighted by atomic mass is 16.6. The second-order valence-electron chi connectivity index (χ2n) is 22.9. The van der Waals surface area contributed by atoms with E-state index in [1.165, 1.54) is 270 Å². The molecule has 0 aromatic rings. The standard InChI is InChI=1S/C65H126O6/c1-5-7-9-11-13-15-17-19-21-24-30-34-38-42-46-50-54-58-65(68)71-62(59-69-63(66)56-52-48-44-40-36-32-27-20-18-16-14-12-10-8-6-2)60-70-64(67)57-53-49-45-41-37-33-29-26-23-22-25-28-31-35-39-43-47-51-55-61(3)4/h61-62H,5-60H2,1-4H3/t62-/m1/s1. The van der Waals surface area contributed by atoms with E-state index in [-0.39, 0.29) is 31.1 Å². The largest absolute Gasteiger partial charge is 0.462 e. The molecule has 0 spiro atoms. The average molecular weight is 1000 g/mol. The summed E-state index contributed by atoms with van der Waals surface area (Å²) in [4.78, 5) is 38.3. The first-order chi connectivity index (χ1) is 34.9. The van der Waals surface area contributed by atoms with Crippen molar-refractivity contribution in [2.75, 3.05) is 13.2 Å². The molecule has 0 heterocycles. The molecule has 422 valence electrons. The highest BCUT2D eigenvalue weighted by molar-refractivity contribution is 5.71. The Morgan fingerprint density at radius 2 is 0.465 bits per heavy atom. The Balaban J connectivity index is 4.26. The summed E-state index contributed by atoms with van der Waals surface area (Å²) in [6.07, 6.45) is 66.8. The van der Waals surface area contributed by atoms with Gasteiger partial charge in [0.1, 0.15) is 13.2 Å². The smallest absolute Gasteiger partial charge is 0.306 e. The Morgan fingerprint density at radius 1 is 0.268 bits per heavy atom. The highest BCUT2D eigenvalue weighted by Crippen LogP contribution is 2.19. The van der Waals surface area contributed by atoms with Crippen LogP contribution in [0.1, 0.15) is 374 Å². The van der Waals surface area contributed by atoms with Gasteiger partial charge in [-0.1, -0.05) is 336 Å². The molecule has 0 radical (unpaired) electrons. The van der Waals surface area contributed by atoms with Crippen molar-refractivity contribution >= 4 is 17.9 Å². The van der Waals surface area contributed by atoms with Crippen molar-refractivity contribution in [2.45, 2.75) is 381 Å². The molecule has 0 saturated heterocycles. The maximum Gasteiger partial charge on any atom is 0.306 e. The molecule has 6 nitrogen and oxygen atoms in total. The SMILES string of the molecule is CCCCCCCCCCCCCCCCCCCC(=O)O[C@H](COC(=O)CCCCCCCCCCCCCCCCC)COC(=O)CCCCCCCCCCCCCCCCCCCCC(C)C. The fourth-order valence-corrected chi connectivity index (χ4v) is 10.2. The van der Waals surface area contributed by atoms with E-state index in [1.54, 1.807) is 0 Å². The number of carbonyl (C=O) groups is 3. The number of unbranched alkanes of at least 4 members (excludes halogenated alkanes) is 47. The summed E-state index contributed by atoms with van der Waals surface area (Å²) in [7, 11) is 0. The predicted molar refractivity (Wildman–Crippen MR) is 307 cm³/mol. The second kappa shape index (κ2) is 59.3. The monoisotopic (exact) mass is 1000 g/mol. The fraction of sp³-hybridized carbons (Fsp3) is 0.954. The number of hydrogen-bond donors (Lipinski definition) is 0. The van der Waals surface area contributed by atoms with Gasteiger partial charge in [0.25, 0.3) is 0 Å². The minimum absolute atomic E-state index is 0.0610. The Hall–Kier alpha value is -1.59. The van der Waals surface area contributed by atoms with E-state index in [0.717, 1.165) is 63.7 Å². The van der Waals surface area contributed by atoms with Gasteiger partial charge in [0.2, 0.25) is 0 Å². The highest BCUT2D eigenvalue weighted by Gasteiger charge is 2.19. The van der Waals surface area contributed by atoms with E-state index in [2.05, 4.69) is 27.7 Å². The van der Waals surface area contributed by atoms with Crippen LogP contribution in [0.15, 0.2) is 0 Å². The van der Waals surface area contributed by atoms with Crippen LogP contribution in [-0.2, 0) is 28.6 Å². The first-order valence-electron chi connectivity index (χ1n) is 32.4. The van der Waals surface area contributed by atoms with Crippen LogP contribution in [0.3, 0.4) is 0 Å². The summed E-state index contributed by atoms with van der Waals surface area (Å²) in [6.45, 7) is 9.10. The Morgan fingerprint density at radius 3 is 0.690 bits per heavy atom. The lowest BCUT2D eigenvalue weighted by Crippen LogP contribution is -2.30. The molecule has 0 fully saturated rings. The van der Waals surface area contributed by atoms with Gasteiger partial charge in [-0.05, 0) is 25.2 Å². The lowest BCUT2D eigenvalue weighted by atomic mass is 10.0. The van der Waals surface area contributed by atoms with E-state index >= 15 is 0 Å². The lowest BCUT2D eigenvalue weighted by Gasteiger charge is -2.18. The molecule has 0 unspecified atom stereocenters. The molecule has 0 amide bonds. The van der Waals surface area contributed by atoms with Gasteiger partial charge in [-0.25, -0.2) is 0 Å². The van der Waals surface area contributed by atoms with Crippen LogP contribution in [0.25, 0.3) is 0 Å². The molecule has 0 aliphatic carbocycles. The van der Waals surface area contributed by atoms with Crippen LogP contribution in [0.4, 0.5) is 0 Å². The first-order valence-corrected chi connectivity index (χ1v) is 32.4. The van der Waals surface area contributed by atoms with Crippen molar-refractivity contribution in [3.05, 3.63) is 0 Å². The molecule has 0 aliphatic rings. The third-order valence-electron chi connectivity index (χ3n) is 15.0. The molecule has 0 aliphatic heterocycles. The topological polar surface area (TPSA) is 78.9 Å². The summed E-state index contributed by atoms with van der Waals surface area (Å²) in [6, 6.07) is 0. The zero-order valence-electron chi connectivity index (χ0n) is 48.7. The van der Waals surface area contributed by atoms with E-state index in [0.29, 0.717) is 19.3 Å². The van der Waals surface area contributed by atoms with E-state index in [9.17, 15) is 14.4 Å². The minimum atomic E-state index is -0.763. The Kier molecular flexibility index (Phi) is 58.0. The molecular weight excluding hydrogens is 877 g/mol. The molecule has 0 aromatic carbocycles. The van der Waals surface area contributed by atoms with Crippen LogP contribution >= 0.6 is 0 Å². The predicted octanol–water partition coefficient (Wildman–Crippen LogP) is 21.7. The molecule has 0 rings (SSSR count). The first kappa shape index (κ1) is 69.4. The quantitative estimate of drug-likeness (QED) is 0.0343. The summed E-state index contributed by atoms with van der Waals surface area (Å²) in [5.41, 5.74) is 0. The third-order valence-corrected chi connectivity index (χ3v) is 15.0. The summed E-state index contributed by atoms with van der Waals surface area (Å²) >= 11 is 0. The van der Waals surface area contributed by atoms with Crippen molar-refractivity contribution in [3.63, 3.8) is 0 Å². The average Bonchev–Trinajstić information content (AvgIpc) is 3.36. The summed E-state index contributed by atoms with van der Waals surface area (Å²) in [5, 5.41) is 0. The van der Waals surface area contributed by atoms with E-state index < -0.39 is 6.10 Å². The normalized spacial score (nSPS) is 12.0. The van der Waals surface area contributed by atoms with Crippen molar-refractivity contribution in [3.8, 4) is 0 Å². The molecular formula is C65H126O6. The minimum Gasteiger partial charge on any atom is -0.462 e. The van der Waals surface area contributed by atoms with Crippen LogP contribution in [-0.4, -0.2) is 37.2 Å². The molecule has 0 N–H and O–H groups in total.